The van der Waals surface area contributed by atoms with E-state index in [2.05, 4.69) is 9.97 Å². The van der Waals surface area contributed by atoms with Crippen molar-refractivity contribution < 1.29 is 4.42 Å². The van der Waals surface area contributed by atoms with Crippen molar-refractivity contribution in [2.24, 2.45) is 0 Å². The number of nitrogens with one attached hydrogen (secondary N) is 1. The van der Waals surface area contributed by atoms with E-state index in [4.69, 9.17) is 4.42 Å². The zero-order valence-corrected chi connectivity index (χ0v) is 8.00. The van der Waals surface area contributed by atoms with Crippen LogP contribution in [0.25, 0.3) is 11.5 Å². The molecule has 2 heterocycles. The summed E-state index contributed by atoms with van der Waals surface area (Å²) >= 11 is 0. The smallest absolute Gasteiger partial charge is 0.254 e. The third kappa shape index (κ3) is 1.35. The number of aromatic nitrogens is 2. The minimum atomic E-state index is -0.121. The number of hydrogen-bond acceptors (Lipinski definition) is 3. The van der Waals surface area contributed by atoms with Crippen molar-refractivity contribution >= 4 is 0 Å². The van der Waals surface area contributed by atoms with E-state index in [0.717, 1.165) is 0 Å². The van der Waals surface area contributed by atoms with Gasteiger partial charge in [-0.05, 0) is 26.0 Å². The second-order valence-electron chi connectivity index (χ2n) is 3.10. The van der Waals surface area contributed by atoms with Gasteiger partial charge in [-0.3, -0.25) is 4.79 Å². The fraction of sp³-hybridized carbons (Fsp3) is 0.200. The van der Waals surface area contributed by atoms with Gasteiger partial charge in [0.1, 0.15) is 11.5 Å². The van der Waals surface area contributed by atoms with Crippen molar-refractivity contribution in [1.29, 1.82) is 0 Å². The Labute approximate surface area is 80.6 Å². The molecule has 0 bridgehead atoms. The highest BCUT2D eigenvalue weighted by atomic mass is 16.3. The van der Waals surface area contributed by atoms with Gasteiger partial charge in [0.05, 0.1) is 6.26 Å². The third-order valence-corrected chi connectivity index (χ3v) is 2.02. The number of H-pyrrole nitrogens is 1. The zero-order valence-electron chi connectivity index (χ0n) is 8.00. The molecule has 0 aromatic carbocycles. The van der Waals surface area contributed by atoms with Gasteiger partial charge in [-0.2, -0.15) is 0 Å². The van der Waals surface area contributed by atoms with E-state index in [1.54, 1.807) is 32.2 Å². The van der Waals surface area contributed by atoms with Gasteiger partial charge in [-0.25, -0.2) is 4.98 Å². The van der Waals surface area contributed by atoms with Crippen LogP contribution in [0.2, 0.25) is 0 Å². The minimum Gasteiger partial charge on any atom is -0.463 e. The van der Waals surface area contributed by atoms with Crippen molar-refractivity contribution in [3.8, 4) is 11.5 Å². The van der Waals surface area contributed by atoms with Crippen molar-refractivity contribution in [3.63, 3.8) is 0 Å². The van der Waals surface area contributed by atoms with Crippen LogP contribution in [0, 0.1) is 13.8 Å². The van der Waals surface area contributed by atoms with Gasteiger partial charge in [-0.15, -0.1) is 0 Å². The SMILES string of the molecule is Cc1nc(-c2ccco2)c(C)c(=O)[nH]1. The van der Waals surface area contributed by atoms with E-state index in [9.17, 15) is 4.79 Å². The lowest BCUT2D eigenvalue weighted by atomic mass is 10.2. The molecule has 4 nitrogen and oxygen atoms in total. The summed E-state index contributed by atoms with van der Waals surface area (Å²) in [5.74, 6) is 1.21. The van der Waals surface area contributed by atoms with Gasteiger partial charge in [-0.1, -0.05) is 0 Å². The molecule has 72 valence electrons. The highest BCUT2D eigenvalue weighted by Crippen LogP contribution is 2.18. The molecule has 0 radical (unpaired) electrons. The van der Waals surface area contributed by atoms with E-state index in [0.29, 0.717) is 22.8 Å². The lowest BCUT2D eigenvalue weighted by Gasteiger charge is -2.01. The lowest BCUT2D eigenvalue weighted by Crippen LogP contribution is -2.14. The summed E-state index contributed by atoms with van der Waals surface area (Å²) in [7, 11) is 0. The normalized spacial score (nSPS) is 10.4. The van der Waals surface area contributed by atoms with Crippen LogP contribution in [0.4, 0.5) is 0 Å². The average molecular weight is 190 g/mol. The Kier molecular flexibility index (Phi) is 1.96. The quantitative estimate of drug-likeness (QED) is 0.743. The highest BCUT2D eigenvalue weighted by molar-refractivity contribution is 5.55. The Morgan fingerprint density at radius 2 is 2.21 bits per heavy atom. The van der Waals surface area contributed by atoms with Crippen LogP contribution in [0.15, 0.2) is 27.6 Å². The Morgan fingerprint density at radius 3 is 2.86 bits per heavy atom. The second-order valence-corrected chi connectivity index (χ2v) is 3.10. The molecule has 0 amide bonds. The fourth-order valence-electron chi connectivity index (χ4n) is 1.30. The summed E-state index contributed by atoms with van der Waals surface area (Å²) in [6.45, 7) is 3.47. The molecule has 0 atom stereocenters. The van der Waals surface area contributed by atoms with Crippen molar-refractivity contribution in [2.75, 3.05) is 0 Å². The highest BCUT2D eigenvalue weighted by Gasteiger charge is 2.09. The van der Waals surface area contributed by atoms with Crippen molar-refractivity contribution in [2.45, 2.75) is 13.8 Å². The largest absolute Gasteiger partial charge is 0.463 e. The van der Waals surface area contributed by atoms with Crippen LogP contribution in [0.5, 0.6) is 0 Å². The van der Waals surface area contributed by atoms with E-state index in [-0.39, 0.29) is 5.56 Å². The maximum atomic E-state index is 11.4. The Bertz CT molecular complexity index is 497. The van der Waals surface area contributed by atoms with Gasteiger partial charge in [0.2, 0.25) is 0 Å². The third-order valence-electron chi connectivity index (χ3n) is 2.02. The number of rotatable bonds is 1. The van der Waals surface area contributed by atoms with Gasteiger partial charge >= 0.3 is 0 Å². The van der Waals surface area contributed by atoms with E-state index in [1.165, 1.54) is 0 Å². The zero-order chi connectivity index (χ0) is 10.1. The molecule has 0 aliphatic rings. The molecule has 0 saturated heterocycles. The first-order chi connectivity index (χ1) is 6.68. The van der Waals surface area contributed by atoms with E-state index < -0.39 is 0 Å². The monoisotopic (exact) mass is 190 g/mol. The maximum Gasteiger partial charge on any atom is 0.254 e. The Hall–Kier alpha value is -1.84. The van der Waals surface area contributed by atoms with Gasteiger partial charge in [0.25, 0.3) is 5.56 Å². The van der Waals surface area contributed by atoms with Gasteiger partial charge in [0.15, 0.2) is 5.76 Å². The first-order valence-electron chi connectivity index (χ1n) is 4.30. The number of hydrogen-bond donors (Lipinski definition) is 1. The molecule has 0 aliphatic heterocycles. The van der Waals surface area contributed by atoms with Crippen LogP contribution < -0.4 is 5.56 Å². The number of nitrogens with zero attached hydrogens (tertiary/aromatic N) is 1. The molecule has 0 aliphatic carbocycles. The summed E-state index contributed by atoms with van der Waals surface area (Å²) in [6, 6.07) is 3.56. The molecular formula is C10H10N2O2. The lowest BCUT2D eigenvalue weighted by molar-refractivity contribution is 0.578. The number of furan rings is 1. The number of aromatic amines is 1. The average Bonchev–Trinajstić information content (AvgIpc) is 2.63. The molecule has 4 heteroatoms. The van der Waals surface area contributed by atoms with Crippen LogP contribution >= 0.6 is 0 Å². The molecular weight excluding hydrogens is 180 g/mol. The molecule has 14 heavy (non-hydrogen) atoms. The molecule has 2 aromatic rings. The summed E-state index contributed by atoms with van der Waals surface area (Å²) < 4.78 is 5.20. The molecule has 2 rings (SSSR count). The summed E-state index contributed by atoms with van der Waals surface area (Å²) in [5.41, 5.74) is 1.06. The van der Waals surface area contributed by atoms with Crippen LogP contribution in [-0.2, 0) is 0 Å². The molecule has 1 N–H and O–H groups in total. The topological polar surface area (TPSA) is 58.9 Å². The molecule has 0 unspecified atom stereocenters. The van der Waals surface area contributed by atoms with Gasteiger partial charge in [0, 0.05) is 5.56 Å². The maximum absolute atomic E-state index is 11.4. The number of aryl methyl sites for hydroxylation is 1. The van der Waals surface area contributed by atoms with E-state index in [1.807, 2.05) is 0 Å². The standard InChI is InChI=1S/C10H10N2O2/c1-6-9(8-4-3-5-14-8)11-7(2)12-10(6)13/h3-5H,1-2H3,(H,11,12,13). The van der Waals surface area contributed by atoms with Gasteiger partial charge < -0.3 is 9.40 Å². The van der Waals surface area contributed by atoms with Crippen LogP contribution in [0.3, 0.4) is 0 Å². The molecule has 0 saturated carbocycles. The van der Waals surface area contributed by atoms with Crippen molar-refractivity contribution in [1.82, 2.24) is 9.97 Å². The first kappa shape index (κ1) is 8.74. The van der Waals surface area contributed by atoms with Crippen LogP contribution in [0.1, 0.15) is 11.4 Å². The van der Waals surface area contributed by atoms with E-state index >= 15 is 0 Å². The Balaban J connectivity index is 2.70. The first-order valence-corrected chi connectivity index (χ1v) is 4.30. The summed E-state index contributed by atoms with van der Waals surface area (Å²) in [4.78, 5) is 18.3. The molecule has 2 aromatic heterocycles. The summed E-state index contributed by atoms with van der Waals surface area (Å²) in [6.07, 6.45) is 1.56. The predicted molar refractivity (Wildman–Crippen MR) is 52.0 cm³/mol. The molecule has 0 spiro atoms. The Morgan fingerprint density at radius 1 is 1.43 bits per heavy atom. The fourth-order valence-corrected chi connectivity index (χ4v) is 1.30. The minimum absolute atomic E-state index is 0.121. The summed E-state index contributed by atoms with van der Waals surface area (Å²) in [5, 5.41) is 0. The predicted octanol–water partition coefficient (Wildman–Crippen LogP) is 1.65. The van der Waals surface area contributed by atoms with Crippen LogP contribution in [-0.4, -0.2) is 9.97 Å². The molecule has 0 fully saturated rings. The second kappa shape index (κ2) is 3.14. The van der Waals surface area contributed by atoms with Crippen molar-refractivity contribution in [3.05, 3.63) is 40.1 Å².